The van der Waals surface area contributed by atoms with E-state index in [9.17, 15) is 8.42 Å². The quantitative estimate of drug-likeness (QED) is 0.636. The van der Waals surface area contributed by atoms with Gasteiger partial charge >= 0.3 is 0 Å². The molecule has 0 unspecified atom stereocenters. The molecule has 3 aromatic rings. The number of aromatic nitrogens is 2. The summed E-state index contributed by atoms with van der Waals surface area (Å²) in [5.74, 6) is 0. The third-order valence-electron chi connectivity index (χ3n) is 3.69. The molecule has 0 saturated carbocycles. The van der Waals surface area contributed by atoms with E-state index in [1.807, 2.05) is 31.2 Å². The van der Waals surface area contributed by atoms with Gasteiger partial charge in [-0.15, -0.1) is 0 Å². The van der Waals surface area contributed by atoms with Gasteiger partial charge in [-0.3, -0.25) is 9.40 Å². The first-order chi connectivity index (χ1) is 12.4. The summed E-state index contributed by atoms with van der Waals surface area (Å²) in [6.45, 7) is 4.21. The second-order valence-electron chi connectivity index (χ2n) is 5.59. The highest BCUT2D eigenvalue weighted by atomic mass is 35.5. The summed E-state index contributed by atoms with van der Waals surface area (Å²) in [6, 6.07) is 14.7. The van der Waals surface area contributed by atoms with Crippen molar-refractivity contribution in [2.45, 2.75) is 35.1 Å². The van der Waals surface area contributed by atoms with Crippen molar-refractivity contribution in [1.29, 1.82) is 0 Å². The Bertz CT molecular complexity index is 1020. The van der Waals surface area contributed by atoms with Gasteiger partial charge in [-0.05, 0) is 50.2 Å². The monoisotopic (exact) mass is 407 g/mol. The molecule has 1 heterocycles. The maximum Gasteiger partial charge on any atom is 0.265 e. The van der Waals surface area contributed by atoms with E-state index in [1.165, 1.54) is 11.8 Å². The van der Waals surface area contributed by atoms with Gasteiger partial charge in [0.15, 0.2) is 0 Å². The van der Waals surface area contributed by atoms with Gasteiger partial charge in [0.2, 0.25) is 0 Å². The number of benzene rings is 2. The highest BCUT2D eigenvalue weighted by Crippen LogP contribution is 2.35. The third kappa shape index (κ3) is 4.23. The zero-order chi connectivity index (χ0) is 18.7. The summed E-state index contributed by atoms with van der Waals surface area (Å²) in [5, 5.41) is 4.87. The lowest BCUT2D eigenvalue weighted by Gasteiger charge is -2.12. The lowest BCUT2D eigenvalue weighted by Crippen LogP contribution is -2.14. The number of anilines is 1. The minimum Gasteiger partial charge on any atom is -0.278 e. The highest BCUT2D eigenvalue weighted by molar-refractivity contribution is 7.99. The van der Waals surface area contributed by atoms with Crippen LogP contribution in [0.25, 0.3) is 0 Å². The topological polar surface area (TPSA) is 64.0 Å². The van der Waals surface area contributed by atoms with Gasteiger partial charge in [0.05, 0.1) is 11.4 Å². The summed E-state index contributed by atoms with van der Waals surface area (Å²) in [4.78, 5) is 1.96. The largest absolute Gasteiger partial charge is 0.278 e. The predicted octanol–water partition coefficient (Wildman–Crippen LogP) is 4.82. The van der Waals surface area contributed by atoms with Crippen molar-refractivity contribution < 1.29 is 8.42 Å². The van der Waals surface area contributed by atoms with Crippen molar-refractivity contribution in [2.24, 2.45) is 0 Å². The Hall–Kier alpha value is -1.96. The van der Waals surface area contributed by atoms with Gasteiger partial charge in [-0.2, -0.15) is 5.10 Å². The normalized spacial score (nSPS) is 11.5. The highest BCUT2D eigenvalue weighted by Gasteiger charge is 2.21. The fourth-order valence-corrected chi connectivity index (χ4v) is 4.75. The van der Waals surface area contributed by atoms with Gasteiger partial charge in [-0.25, -0.2) is 8.42 Å². The summed E-state index contributed by atoms with van der Waals surface area (Å²) in [7, 11) is -3.72. The number of para-hydroxylation sites is 1. The van der Waals surface area contributed by atoms with E-state index in [4.69, 9.17) is 11.6 Å². The van der Waals surface area contributed by atoms with Crippen LogP contribution in [0.15, 0.2) is 69.4 Å². The molecular weight excluding hydrogens is 390 g/mol. The van der Waals surface area contributed by atoms with E-state index in [2.05, 4.69) is 9.82 Å². The third-order valence-corrected chi connectivity index (χ3v) is 6.49. The molecule has 0 atom stereocenters. The van der Waals surface area contributed by atoms with Crippen molar-refractivity contribution >= 4 is 39.1 Å². The number of rotatable bonds is 6. The minimum absolute atomic E-state index is 0.186. The summed E-state index contributed by atoms with van der Waals surface area (Å²) in [5.41, 5.74) is 0.998. The van der Waals surface area contributed by atoms with E-state index in [0.717, 1.165) is 9.79 Å². The number of sulfonamides is 1. The Labute approximate surface area is 162 Å². The standard InChI is InChI=1S/C18H18ClN3O2S2/c1-3-22-12-18(13(2)20-22)26(23,24)21-16-6-4-5-7-17(16)25-15-10-8-14(19)9-11-15/h4-12,21H,3H2,1-2H3. The van der Waals surface area contributed by atoms with E-state index in [1.54, 1.807) is 42.1 Å². The maximum atomic E-state index is 12.8. The lowest BCUT2D eigenvalue weighted by atomic mass is 10.3. The number of aryl methyl sites for hydroxylation is 2. The van der Waals surface area contributed by atoms with Gasteiger partial charge in [0, 0.05) is 27.6 Å². The molecule has 1 N–H and O–H groups in total. The zero-order valence-corrected chi connectivity index (χ0v) is 16.7. The molecule has 0 saturated heterocycles. The van der Waals surface area contributed by atoms with Crippen molar-refractivity contribution in [2.75, 3.05) is 4.72 Å². The van der Waals surface area contributed by atoms with Crippen LogP contribution in [-0.4, -0.2) is 18.2 Å². The van der Waals surface area contributed by atoms with Crippen LogP contribution < -0.4 is 4.72 Å². The Morgan fingerprint density at radius 3 is 2.50 bits per heavy atom. The van der Waals surface area contributed by atoms with Gasteiger partial charge < -0.3 is 0 Å². The Morgan fingerprint density at radius 2 is 1.85 bits per heavy atom. The maximum absolute atomic E-state index is 12.8. The van der Waals surface area contributed by atoms with Crippen molar-refractivity contribution in [1.82, 2.24) is 9.78 Å². The average Bonchev–Trinajstić information content (AvgIpc) is 3.00. The van der Waals surface area contributed by atoms with Crippen LogP contribution in [0.3, 0.4) is 0 Å². The van der Waals surface area contributed by atoms with Crippen LogP contribution >= 0.6 is 23.4 Å². The van der Waals surface area contributed by atoms with Gasteiger partial charge in [0.25, 0.3) is 10.0 Å². The van der Waals surface area contributed by atoms with Crippen LogP contribution in [-0.2, 0) is 16.6 Å². The number of hydrogen-bond acceptors (Lipinski definition) is 4. The first-order valence-corrected chi connectivity index (χ1v) is 10.7. The number of nitrogens with one attached hydrogen (secondary N) is 1. The van der Waals surface area contributed by atoms with E-state index in [-0.39, 0.29) is 4.90 Å². The van der Waals surface area contributed by atoms with Crippen molar-refractivity contribution in [3.63, 3.8) is 0 Å². The van der Waals surface area contributed by atoms with E-state index in [0.29, 0.717) is 22.9 Å². The SMILES string of the molecule is CCn1cc(S(=O)(=O)Nc2ccccc2Sc2ccc(Cl)cc2)c(C)n1. The van der Waals surface area contributed by atoms with E-state index >= 15 is 0 Å². The first kappa shape index (κ1) is 18.8. The second-order valence-corrected chi connectivity index (χ2v) is 8.79. The van der Waals surface area contributed by atoms with Crippen LogP contribution in [0.2, 0.25) is 5.02 Å². The molecule has 26 heavy (non-hydrogen) atoms. The molecule has 0 aliphatic rings. The molecule has 0 bridgehead atoms. The van der Waals surface area contributed by atoms with Crippen LogP contribution in [0.1, 0.15) is 12.6 Å². The minimum atomic E-state index is -3.72. The van der Waals surface area contributed by atoms with Crippen molar-refractivity contribution in [3.05, 3.63) is 65.4 Å². The Morgan fingerprint density at radius 1 is 1.15 bits per heavy atom. The van der Waals surface area contributed by atoms with Crippen molar-refractivity contribution in [3.8, 4) is 0 Å². The Kier molecular flexibility index (Phi) is 5.60. The van der Waals surface area contributed by atoms with Gasteiger partial charge in [0.1, 0.15) is 4.90 Å². The fraction of sp³-hybridized carbons (Fsp3) is 0.167. The second kappa shape index (κ2) is 7.73. The Balaban J connectivity index is 1.90. The predicted molar refractivity (Wildman–Crippen MR) is 105 cm³/mol. The fourth-order valence-electron chi connectivity index (χ4n) is 2.39. The molecular formula is C18H18ClN3O2S2. The molecule has 1 aromatic heterocycles. The molecule has 2 aromatic carbocycles. The molecule has 0 fully saturated rings. The summed E-state index contributed by atoms with van der Waals surface area (Å²) < 4.78 is 29.9. The lowest BCUT2D eigenvalue weighted by molar-refractivity contribution is 0.600. The zero-order valence-electron chi connectivity index (χ0n) is 14.3. The molecule has 3 rings (SSSR count). The molecule has 5 nitrogen and oxygen atoms in total. The summed E-state index contributed by atoms with van der Waals surface area (Å²) >= 11 is 7.39. The molecule has 136 valence electrons. The molecule has 0 aliphatic carbocycles. The number of halogens is 1. The number of hydrogen-bond donors (Lipinski definition) is 1. The summed E-state index contributed by atoms with van der Waals surface area (Å²) in [6.07, 6.45) is 1.55. The van der Waals surface area contributed by atoms with Crippen LogP contribution in [0, 0.1) is 6.92 Å². The van der Waals surface area contributed by atoms with Crippen LogP contribution in [0.4, 0.5) is 5.69 Å². The van der Waals surface area contributed by atoms with Gasteiger partial charge in [-0.1, -0.05) is 35.5 Å². The molecule has 0 aliphatic heterocycles. The molecule has 8 heteroatoms. The first-order valence-electron chi connectivity index (χ1n) is 7.98. The van der Waals surface area contributed by atoms with Crippen LogP contribution in [0.5, 0.6) is 0 Å². The molecule has 0 radical (unpaired) electrons. The smallest absolute Gasteiger partial charge is 0.265 e. The molecule has 0 amide bonds. The number of nitrogens with zero attached hydrogens (tertiary/aromatic N) is 2. The van der Waals surface area contributed by atoms with E-state index < -0.39 is 10.0 Å². The molecule has 0 spiro atoms. The average molecular weight is 408 g/mol.